The zero-order valence-electron chi connectivity index (χ0n) is 14.7. The van der Waals surface area contributed by atoms with E-state index in [4.69, 9.17) is 11.6 Å². The average molecular weight is 370 g/mol. The van der Waals surface area contributed by atoms with Gasteiger partial charge in [0.05, 0.1) is 5.02 Å². The predicted octanol–water partition coefficient (Wildman–Crippen LogP) is 2.40. The number of hydrogen-bond donors (Lipinski definition) is 1. The van der Waals surface area contributed by atoms with Crippen LogP contribution < -0.4 is 5.32 Å². The van der Waals surface area contributed by atoms with Gasteiger partial charge in [0.1, 0.15) is 12.4 Å². The van der Waals surface area contributed by atoms with Crippen LogP contribution in [0.5, 0.6) is 0 Å². The quantitative estimate of drug-likeness (QED) is 0.837. The Morgan fingerprint density at radius 2 is 2.00 bits per heavy atom. The molecule has 0 bridgehead atoms. The second-order valence-electron chi connectivity index (χ2n) is 6.67. The van der Waals surface area contributed by atoms with Crippen LogP contribution in [0, 0.1) is 11.7 Å². The van der Waals surface area contributed by atoms with Crippen LogP contribution in [0.25, 0.3) is 0 Å². The third-order valence-corrected chi connectivity index (χ3v) is 4.52. The fourth-order valence-electron chi connectivity index (χ4n) is 2.66. The van der Waals surface area contributed by atoms with Gasteiger partial charge in [0.25, 0.3) is 5.91 Å². The number of hydrogen-bond acceptors (Lipinski definition) is 3. The zero-order chi connectivity index (χ0) is 18.4. The molecule has 0 spiro atoms. The maximum absolute atomic E-state index is 13.3. The predicted molar refractivity (Wildman–Crippen MR) is 96.2 cm³/mol. The summed E-state index contributed by atoms with van der Waals surface area (Å²) in [5.74, 6) is -0.525. The molecule has 2 amide bonds. The van der Waals surface area contributed by atoms with Crippen LogP contribution in [0.1, 0.15) is 30.6 Å². The SMILES string of the molecule is CC(C)CCN(CC(=O)N1CCNCC1)C(=O)c1ccc(F)c(Cl)c1. The van der Waals surface area contributed by atoms with E-state index in [0.29, 0.717) is 31.1 Å². The number of amides is 2. The molecule has 7 heteroatoms. The molecule has 1 fully saturated rings. The van der Waals surface area contributed by atoms with Gasteiger partial charge in [-0.3, -0.25) is 9.59 Å². The summed E-state index contributed by atoms with van der Waals surface area (Å²) in [6.45, 7) is 7.45. The van der Waals surface area contributed by atoms with Crippen molar-refractivity contribution in [2.24, 2.45) is 5.92 Å². The lowest BCUT2D eigenvalue weighted by Crippen LogP contribution is -2.50. The van der Waals surface area contributed by atoms with Crippen molar-refractivity contribution in [3.63, 3.8) is 0 Å². The van der Waals surface area contributed by atoms with Crippen LogP contribution in [0.2, 0.25) is 5.02 Å². The van der Waals surface area contributed by atoms with E-state index in [1.807, 2.05) is 0 Å². The van der Waals surface area contributed by atoms with Gasteiger partial charge in [-0.25, -0.2) is 4.39 Å². The molecule has 1 saturated heterocycles. The number of nitrogens with zero attached hydrogens (tertiary/aromatic N) is 2. The van der Waals surface area contributed by atoms with Gasteiger partial charge in [-0.1, -0.05) is 25.4 Å². The van der Waals surface area contributed by atoms with Crippen LogP contribution in [0.15, 0.2) is 18.2 Å². The molecule has 0 radical (unpaired) electrons. The first-order valence-corrected chi connectivity index (χ1v) is 8.99. The summed E-state index contributed by atoms with van der Waals surface area (Å²) in [5, 5.41) is 3.10. The monoisotopic (exact) mass is 369 g/mol. The maximum Gasteiger partial charge on any atom is 0.254 e. The van der Waals surface area contributed by atoms with E-state index in [0.717, 1.165) is 19.5 Å². The van der Waals surface area contributed by atoms with Crippen molar-refractivity contribution in [3.05, 3.63) is 34.6 Å². The summed E-state index contributed by atoms with van der Waals surface area (Å²) in [4.78, 5) is 28.6. The minimum Gasteiger partial charge on any atom is -0.339 e. The molecule has 138 valence electrons. The molecule has 1 N–H and O–H groups in total. The van der Waals surface area contributed by atoms with Gasteiger partial charge in [-0.05, 0) is 30.5 Å². The molecule has 1 heterocycles. The van der Waals surface area contributed by atoms with Gasteiger partial charge in [-0.15, -0.1) is 0 Å². The number of carbonyl (C=O) groups excluding carboxylic acids is 2. The van der Waals surface area contributed by atoms with Crippen molar-refractivity contribution >= 4 is 23.4 Å². The minimum atomic E-state index is -0.566. The Bertz CT molecular complexity index is 618. The molecule has 5 nitrogen and oxygen atoms in total. The molecule has 1 aliphatic rings. The highest BCUT2D eigenvalue weighted by molar-refractivity contribution is 6.31. The number of rotatable bonds is 6. The van der Waals surface area contributed by atoms with Gasteiger partial charge >= 0.3 is 0 Å². The fourth-order valence-corrected chi connectivity index (χ4v) is 2.84. The molecule has 0 unspecified atom stereocenters. The third-order valence-electron chi connectivity index (χ3n) is 4.23. The third kappa shape index (κ3) is 5.68. The molecule has 1 aromatic carbocycles. The highest BCUT2D eigenvalue weighted by Gasteiger charge is 2.23. The molecule has 1 aliphatic heterocycles. The van der Waals surface area contributed by atoms with Crippen molar-refractivity contribution < 1.29 is 14.0 Å². The molecule has 0 aliphatic carbocycles. The molecule has 2 rings (SSSR count). The van der Waals surface area contributed by atoms with Crippen molar-refractivity contribution in [2.75, 3.05) is 39.3 Å². The Labute approximate surface area is 153 Å². The van der Waals surface area contributed by atoms with E-state index in [2.05, 4.69) is 19.2 Å². The molecule has 1 aromatic rings. The number of nitrogens with one attached hydrogen (secondary N) is 1. The molecular formula is C18H25ClFN3O2. The summed E-state index contributed by atoms with van der Waals surface area (Å²) in [6.07, 6.45) is 0.787. The van der Waals surface area contributed by atoms with Gasteiger partial charge in [-0.2, -0.15) is 0 Å². The highest BCUT2D eigenvalue weighted by atomic mass is 35.5. The summed E-state index contributed by atoms with van der Waals surface area (Å²) in [6, 6.07) is 3.90. The van der Waals surface area contributed by atoms with Gasteiger partial charge in [0.2, 0.25) is 5.91 Å². The van der Waals surface area contributed by atoms with Crippen molar-refractivity contribution in [3.8, 4) is 0 Å². The van der Waals surface area contributed by atoms with E-state index in [1.54, 1.807) is 4.90 Å². The van der Waals surface area contributed by atoms with E-state index in [-0.39, 0.29) is 23.4 Å². The standard InChI is InChI=1S/C18H25ClFN3O2/c1-13(2)5-8-23(12-17(24)22-9-6-21-7-10-22)18(25)14-3-4-16(20)15(19)11-14/h3-4,11,13,21H,5-10,12H2,1-2H3. The fraction of sp³-hybridized carbons (Fsp3) is 0.556. The zero-order valence-corrected chi connectivity index (χ0v) is 15.5. The first-order chi connectivity index (χ1) is 11.9. The highest BCUT2D eigenvalue weighted by Crippen LogP contribution is 2.18. The Morgan fingerprint density at radius 1 is 1.32 bits per heavy atom. The number of piperazine rings is 1. The van der Waals surface area contributed by atoms with Gasteiger partial charge < -0.3 is 15.1 Å². The largest absolute Gasteiger partial charge is 0.339 e. The summed E-state index contributed by atoms with van der Waals surface area (Å²) < 4.78 is 13.3. The molecule has 25 heavy (non-hydrogen) atoms. The van der Waals surface area contributed by atoms with Crippen molar-refractivity contribution in [2.45, 2.75) is 20.3 Å². The van der Waals surface area contributed by atoms with E-state index < -0.39 is 5.82 Å². The summed E-state index contributed by atoms with van der Waals surface area (Å²) in [5.41, 5.74) is 0.295. The van der Waals surface area contributed by atoms with Crippen LogP contribution in [0.4, 0.5) is 4.39 Å². The lowest BCUT2D eigenvalue weighted by atomic mass is 10.1. The van der Waals surface area contributed by atoms with E-state index in [1.165, 1.54) is 23.1 Å². The van der Waals surface area contributed by atoms with Gasteiger partial charge in [0.15, 0.2) is 0 Å². The Balaban J connectivity index is 2.11. The van der Waals surface area contributed by atoms with Crippen molar-refractivity contribution in [1.82, 2.24) is 15.1 Å². The smallest absolute Gasteiger partial charge is 0.254 e. The van der Waals surface area contributed by atoms with Crippen molar-refractivity contribution in [1.29, 1.82) is 0 Å². The topological polar surface area (TPSA) is 52.7 Å². The molecule has 0 saturated carbocycles. The lowest BCUT2D eigenvalue weighted by Gasteiger charge is -2.30. The second-order valence-corrected chi connectivity index (χ2v) is 7.08. The Kier molecular flexibility index (Phi) is 7.20. The number of halogens is 2. The molecular weight excluding hydrogens is 345 g/mol. The van der Waals surface area contributed by atoms with Crippen LogP contribution in [-0.4, -0.2) is 60.9 Å². The van der Waals surface area contributed by atoms with Crippen LogP contribution in [0.3, 0.4) is 0 Å². The van der Waals surface area contributed by atoms with Gasteiger partial charge in [0, 0.05) is 38.3 Å². The first kappa shape index (κ1) is 19.7. The Hall–Kier alpha value is -1.66. The minimum absolute atomic E-state index is 0.0283. The summed E-state index contributed by atoms with van der Waals surface area (Å²) in [7, 11) is 0. The first-order valence-electron chi connectivity index (χ1n) is 8.61. The van der Waals surface area contributed by atoms with E-state index in [9.17, 15) is 14.0 Å². The second kappa shape index (κ2) is 9.15. The number of carbonyl (C=O) groups is 2. The Morgan fingerprint density at radius 3 is 2.60 bits per heavy atom. The lowest BCUT2D eigenvalue weighted by molar-refractivity contribution is -0.132. The number of benzene rings is 1. The normalized spacial score (nSPS) is 14.7. The molecule has 0 aromatic heterocycles. The molecule has 0 atom stereocenters. The average Bonchev–Trinajstić information content (AvgIpc) is 2.60. The summed E-state index contributed by atoms with van der Waals surface area (Å²) >= 11 is 5.79. The van der Waals surface area contributed by atoms with Crippen LogP contribution in [-0.2, 0) is 4.79 Å². The maximum atomic E-state index is 13.3. The van der Waals surface area contributed by atoms with Crippen LogP contribution >= 0.6 is 11.6 Å². The van der Waals surface area contributed by atoms with E-state index >= 15 is 0 Å².